The lowest BCUT2D eigenvalue weighted by molar-refractivity contribution is -0.121. The first kappa shape index (κ1) is 18.0. The number of carbonyl (C=O) groups excluding carboxylic acids is 1. The minimum absolute atomic E-state index is 0.0663. The molecule has 0 saturated carbocycles. The van der Waals surface area contributed by atoms with Gasteiger partial charge in [0.05, 0.1) is 6.42 Å². The first-order valence-electron chi connectivity index (χ1n) is 9.45. The number of fused-ring (bicyclic) bond motifs is 1. The highest BCUT2D eigenvalue weighted by atomic mass is 16.5. The fourth-order valence-corrected chi connectivity index (χ4v) is 3.70. The molecule has 0 bridgehead atoms. The number of hydrogen-bond donors (Lipinski definition) is 1. The van der Waals surface area contributed by atoms with Gasteiger partial charge >= 0.3 is 0 Å². The molecule has 4 rings (SSSR count). The van der Waals surface area contributed by atoms with Gasteiger partial charge in [-0.2, -0.15) is 0 Å². The Morgan fingerprint density at radius 3 is 2.11 bits per heavy atom. The Labute approximate surface area is 164 Å². The lowest BCUT2D eigenvalue weighted by atomic mass is 9.85. The highest BCUT2D eigenvalue weighted by Gasteiger charge is 2.23. The number of amides is 1. The van der Waals surface area contributed by atoms with Crippen LogP contribution >= 0.6 is 0 Å². The molecular weight excluding hydrogens is 348 g/mol. The lowest BCUT2D eigenvalue weighted by Crippen LogP contribution is -2.38. The predicted molar refractivity (Wildman–Crippen MR) is 110 cm³/mol. The van der Waals surface area contributed by atoms with E-state index in [0.29, 0.717) is 11.3 Å². The van der Waals surface area contributed by atoms with Crippen molar-refractivity contribution in [1.82, 2.24) is 10.5 Å². The molecule has 1 atom stereocenters. The number of aromatic nitrogens is 1. The quantitative estimate of drug-likeness (QED) is 0.535. The highest BCUT2D eigenvalue weighted by molar-refractivity contribution is 5.86. The van der Waals surface area contributed by atoms with Gasteiger partial charge in [0.15, 0.2) is 5.58 Å². The Morgan fingerprint density at radius 2 is 1.46 bits per heavy atom. The van der Waals surface area contributed by atoms with E-state index in [4.69, 9.17) is 4.52 Å². The van der Waals surface area contributed by atoms with E-state index in [2.05, 4.69) is 34.7 Å². The second-order valence-electron chi connectivity index (χ2n) is 6.96. The molecule has 1 heterocycles. The van der Waals surface area contributed by atoms with Crippen LogP contribution in [0, 0.1) is 0 Å². The van der Waals surface area contributed by atoms with Crippen LogP contribution in [0.3, 0.4) is 0 Å². The third-order valence-electron chi connectivity index (χ3n) is 4.99. The third kappa shape index (κ3) is 3.81. The summed E-state index contributed by atoms with van der Waals surface area (Å²) in [6.07, 6.45) is 0.192. The van der Waals surface area contributed by atoms with Gasteiger partial charge in [-0.15, -0.1) is 0 Å². The van der Waals surface area contributed by atoms with Crippen LogP contribution in [0.25, 0.3) is 11.0 Å². The van der Waals surface area contributed by atoms with E-state index in [9.17, 15) is 4.79 Å². The van der Waals surface area contributed by atoms with Crippen molar-refractivity contribution in [1.29, 1.82) is 0 Å². The summed E-state index contributed by atoms with van der Waals surface area (Å²) in [6.45, 7) is 2.05. The monoisotopic (exact) mass is 370 g/mol. The van der Waals surface area contributed by atoms with Crippen LogP contribution in [0.5, 0.6) is 0 Å². The largest absolute Gasteiger partial charge is 0.356 e. The molecule has 0 aliphatic carbocycles. The van der Waals surface area contributed by atoms with E-state index in [0.717, 1.165) is 5.39 Å². The SMILES string of the molecule is CC(NC(=O)Cc1noc2ccccc12)C(c1ccccc1)c1ccccc1. The maximum absolute atomic E-state index is 12.7. The zero-order chi connectivity index (χ0) is 19.3. The molecule has 0 aliphatic rings. The van der Waals surface area contributed by atoms with Crippen molar-refractivity contribution >= 4 is 16.9 Å². The highest BCUT2D eigenvalue weighted by Crippen LogP contribution is 2.28. The molecule has 0 aliphatic heterocycles. The molecule has 28 heavy (non-hydrogen) atoms. The van der Waals surface area contributed by atoms with Gasteiger partial charge in [-0.25, -0.2) is 0 Å². The van der Waals surface area contributed by atoms with Crippen molar-refractivity contribution in [3.05, 3.63) is 102 Å². The summed E-state index contributed by atoms with van der Waals surface area (Å²) in [7, 11) is 0. The van der Waals surface area contributed by atoms with Crippen molar-refractivity contribution in [3.63, 3.8) is 0 Å². The van der Waals surface area contributed by atoms with Gasteiger partial charge in [-0.05, 0) is 30.2 Å². The van der Waals surface area contributed by atoms with Gasteiger partial charge in [0, 0.05) is 17.3 Å². The fourth-order valence-electron chi connectivity index (χ4n) is 3.70. The van der Waals surface area contributed by atoms with Crippen LogP contribution in [0.2, 0.25) is 0 Å². The summed E-state index contributed by atoms with van der Waals surface area (Å²) in [5, 5.41) is 8.11. The van der Waals surface area contributed by atoms with Crippen molar-refractivity contribution in [2.24, 2.45) is 0 Å². The van der Waals surface area contributed by atoms with E-state index >= 15 is 0 Å². The Morgan fingerprint density at radius 1 is 0.893 bits per heavy atom. The molecule has 1 N–H and O–H groups in total. The van der Waals surface area contributed by atoms with Crippen molar-refractivity contribution in [2.75, 3.05) is 0 Å². The molecule has 140 valence electrons. The van der Waals surface area contributed by atoms with E-state index in [1.165, 1.54) is 11.1 Å². The number of hydrogen-bond acceptors (Lipinski definition) is 3. The van der Waals surface area contributed by atoms with Crippen LogP contribution in [-0.2, 0) is 11.2 Å². The van der Waals surface area contributed by atoms with E-state index < -0.39 is 0 Å². The van der Waals surface area contributed by atoms with Crippen molar-refractivity contribution in [2.45, 2.75) is 25.3 Å². The van der Waals surface area contributed by atoms with Crippen molar-refractivity contribution in [3.8, 4) is 0 Å². The summed E-state index contributed by atoms with van der Waals surface area (Å²) in [5.74, 6) is 0.00354. The molecule has 0 spiro atoms. The number of nitrogens with zero attached hydrogens (tertiary/aromatic N) is 1. The number of carbonyl (C=O) groups is 1. The minimum Gasteiger partial charge on any atom is -0.356 e. The molecule has 1 unspecified atom stereocenters. The van der Waals surface area contributed by atoms with Crippen LogP contribution in [0.4, 0.5) is 0 Å². The summed E-state index contributed by atoms with van der Waals surface area (Å²) in [4.78, 5) is 12.7. The first-order chi connectivity index (χ1) is 13.7. The molecule has 4 heteroatoms. The Kier molecular flexibility index (Phi) is 5.20. The van der Waals surface area contributed by atoms with Crippen LogP contribution in [0.1, 0.15) is 29.7 Å². The third-order valence-corrected chi connectivity index (χ3v) is 4.99. The van der Waals surface area contributed by atoms with Gasteiger partial charge in [0.2, 0.25) is 5.91 Å². The van der Waals surface area contributed by atoms with Gasteiger partial charge in [0.1, 0.15) is 5.69 Å². The molecule has 1 aromatic heterocycles. The molecule has 1 amide bonds. The predicted octanol–water partition coefficient (Wildman–Crippen LogP) is 4.71. The Bertz CT molecular complexity index is 1020. The van der Waals surface area contributed by atoms with Crippen LogP contribution in [-0.4, -0.2) is 17.1 Å². The normalized spacial score (nSPS) is 12.2. The molecule has 4 nitrogen and oxygen atoms in total. The summed E-state index contributed by atoms with van der Waals surface area (Å²) >= 11 is 0. The number of rotatable bonds is 6. The second-order valence-corrected chi connectivity index (χ2v) is 6.96. The second kappa shape index (κ2) is 8.09. The molecule has 0 saturated heterocycles. The minimum atomic E-state index is -0.0736. The summed E-state index contributed by atoms with van der Waals surface area (Å²) < 4.78 is 5.31. The maximum Gasteiger partial charge on any atom is 0.226 e. The summed E-state index contributed by atoms with van der Waals surface area (Å²) in [6, 6.07) is 28.1. The average Bonchev–Trinajstić information content (AvgIpc) is 3.12. The van der Waals surface area contributed by atoms with Gasteiger partial charge in [-0.3, -0.25) is 4.79 Å². The zero-order valence-electron chi connectivity index (χ0n) is 15.7. The first-order valence-corrected chi connectivity index (χ1v) is 9.45. The molecule has 3 aromatic carbocycles. The number of benzene rings is 3. The smallest absolute Gasteiger partial charge is 0.226 e. The van der Waals surface area contributed by atoms with Gasteiger partial charge in [-0.1, -0.05) is 78.0 Å². The standard InChI is InChI=1S/C24H22N2O2/c1-17(24(18-10-4-2-5-11-18)19-12-6-3-7-13-19)25-23(27)16-21-20-14-8-9-15-22(20)28-26-21/h2-15,17,24H,16H2,1H3,(H,25,27). The fraction of sp³-hybridized carbons (Fsp3) is 0.167. The van der Waals surface area contributed by atoms with Crippen LogP contribution in [0.15, 0.2) is 89.5 Å². The topological polar surface area (TPSA) is 55.1 Å². The van der Waals surface area contributed by atoms with Gasteiger partial charge in [0.25, 0.3) is 0 Å². The van der Waals surface area contributed by atoms with E-state index in [1.54, 1.807) is 0 Å². The van der Waals surface area contributed by atoms with E-state index in [-0.39, 0.29) is 24.3 Å². The van der Waals surface area contributed by atoms with Gasteiger partial charge < -0.3 is 9.84 Å². The summed E-state index contributed by atoms with van der Waals surface area (Å²) in [5.41, 5.74) is 3.71. The average molecular weight is 370 g/mol. The maximum atomic E-state index is 12.7. The zero-order valence-corrected chi connectivity index (χ0v) is 15.7. The Hall–Kier alpha value is -3.40. The Balaban J connectivity index is 1.54. The van der Waals surface area contributed by atoms with Crippen molar-refractivity contribution < 1.29 is 9.32 Å². The number of para-hydroxylation sites is 1. The van der Waals surface area contributed by atoms with E-state index in [1.807, 2.05) is 67.6 Å². The molecule has 4 aromatic rings. The molecular formula is C24H22N2O2. The number of nitrogens with one attached hydrogen (secondary N) is 1. The molecule has 0 fully saturated rings. The lowest BCUT2D eigenvalue weighted by Gasteiger charge is -2.26. The molecule has 0 radical (unpaired) electrons. The van der Waals surface area contributed by atoms with Crippen LogP contribution < -0.4 is 5.32 Å².